The summed E-state index contributed by atoms with van der Waals surface area (Å²) in [6, 6.07) is 0. The summed E-state index contributed by atoms with van der Waals surface area (Å²) in [5.74, 6) is 4.00. The second-order valence-corrected chi connectivity index (χ2v) is 6.45. The molecule has 0 amide bonds. The van der Waals surface area contributed by atoms with Crippen LogP contribution in [-0.2, 0) is 0 Å². The molecular formula is C16H22. The number of rotatable bonds is 0. The van der Waals surface area contributed by atoms with Gasteiger partial charge in [0.1, 0.15) is 0 Å². The Kier molecular flexibility index (Phi) is 1.93. The highest BCUT2D eigenvalue weighted by Gasteiger charge is 2.74. The van der Waals surface area contributed by atoms with Crippen LogP contribution in [0.1, 0.15) is 44.9 Å². The Morgan fingerprint density at radius 1 is 0.875 bits per heavy atom. The van der Waals surface area contributed by atoms with Crippen LogP contribution >= 0.6 is 0 Å². The van der Waals surface area contributed by atoms with Gasteiger partial charge in [0.05, 0.1) is 0 Å². The van der Waals surface area contributed by atoms with Gasteiger partial charge in [-0.25, -0.2) is 0 Å². The molecule has 0 N–H and O–H groups in total. The summed E-state index contributed by atoms with van der Waals surface area (Å²) in [5, 5.41) is 0. The van der Waals surface area contributed by atoms with Crippen LogP contribution in [-0.4, -0.2) is 0 Å². The molecule has 1 spiro atoms. The monoisotopic (exact) mass is 214 g/mol. The highest BCUT2D eigenvalue weighted by atomic mass is 14.8. The molecule has 3 fully saturated rings. The van der Waals surface area contributed by atoms with Crippen LogP contribution in [0.2, 0.25) is 0 Å². The molecule has 0 aromatic carbocycles. The van der Waals surface area contributed by atoms with Gasteiger partial charge >= 0.3 is 0 Å². The van der Waals surface area contributed by atoms with Crippen molar-refractivity contribution in [2.24, 2.45) is 29.1 Å². The quantitative estimate of drug-likeness (QED) is 0.526. The summed E-state index contributed by atoms with van der Waals surface area (Å²) in [7, 11) is 0. The fraction of sp³-hybridized carbons (Fsp3) is 0.750. The van der Waals surface area contributed by atoms with E-state index in [0.29, 0.717) is 0 Å². The van der Waals surface area contributed by atoms with E-state index in [9.17, 15) is 0 Å². The maximum Gasteiger partial charge on any atom is -0.0102 e. The molecule has 5 aliphatic rings. The van der Waals surface area contributed by atoms with E-state index in [-0.39, 0.29) is 0 Å². The van der Waals surface area contributed by atoms with Gasteiger partial charge in [0, 0.05) is 0 Å². The smallest absolute Gasteiger partial charge is 0.0102 e. The standard InChI is InChI=1S/C11H12.C5H10/c1-2-8-9(3-1)11-6-7(11)4-5-10(8)11;1-2-4-5-3-1/h1-2,4-5,7-10H,3,6H2;1-5H2. The van der Waals surface area contributed by atoms with Crippen LogP contribution in [0.5, 0.6) is 0 Å². The van der Waals surface area contributed by atoms with Crippen LogP contribution in [0, 0.1) is 29.1 Å². The Morgan fingerprint density at radius 3 is 2.31 bits per heavy atom. The molecule has 0 nitrogen and oxygen atoms in total. The van der Waals surface area contributed by atoms with Crippen molar-refractivity contribution in [1.82, 2.24) is 0 Å². The van der Waals surface area contributed by atoms with Crippen molar-refractivity contribution >= 4 is 0 Å². The van der Waals surface area contributed by atoms with Crippen molar-refractivity contribution in [1.29, 1.82) is 0 Å². The lowest BCUT2D eigenvalue weighted by Crippen LogP contribution is -2.44. The third-order valence-corrected chi connectivity index (χ3v) is 5.84. The molecule has 0 aromatic heterocycles. The van der Waals surface area contributed by atoms with Crippen molar-refractivity contribution in [3.8, 4) is 0 Å². The SMILES string of the molecule is C1=CC2C3C=CC4CC43C2C1.C1CCCC1. The van der Waals surface area contributed by atoms with Crippen molar-refractivity contribution in [3.63, 3.8) is 0 Å². The second kappa shape index (κ2) is 3.24. The largest absolute Gasteiger partial charge is 0.0879 e. The Bertz CT molecular complexity index is 339. The fourth-order valence-corrected chi connectivity index (χ4v) is 4.93. The average molecular weight is 214 g/mol. The number of hydrogen-bond acceptors (Lipinski definition) is 0. The van der Waals surface area contributed by atoms with Crippen LogP contribution in [0.3, 0.4) is 0 Å². The lowest BCUT2D eigenvalue weighted by molar-refractivity contribution is 0.0316. The second-order valence-electron chi connectivity index (χ2n) is 6.45. The van der Waals surface area contributed by atoms with Crippen LogP contribution in [0.4, 0.5) is 0 Å². The molecule has 0 saturated heterocycles. The molecule has 5 rings (SSSR count). The van der Waals surface area contributed by atoms with E-state index in [1.165, 1.54) is 44.9 Å². The van der Waals surface area contributed by atoms with Gasteiger partial charge < -0.3 is 0 Å². The summed E-state index contributed by atoms with van der Waals surface area (Å²) in [6.45, 7) is 0. The van der Waals surface area contributed by atoms with Crippen molar-refractivity contribution in [3.05, 3.63) is 24.3 Å². The molecule has 5 atom stereocenters. The minimum absolute atomic E-state index is 0.828. The third kappa shape index (κ3) is 1.06. The van der Waals surface area contributed by atoms with Gasteiger partial charge in [-0.1, -0.05) is 56.4 Å². The van der Waals surface area contributed by atoms with Crippen LogP contribution in [0.25, 0.3) is 0 Å². The zero-order valence-corrected chi connectivity index (χ0v) is 10.1. The molecule has 86 valence electrons. The van der Waals surface area contributed by atoms with Crippen molar-refractivity contribution < 1.29 is 0 Å². The van der Waals surface area contributed by atoms with E-state index in [0.717, 1.165) is 29.1 Å². The lowest BCUT2D eigenvalue weighted by Gasteiger charge is -2.47. The normalized spacial score (nSPS) is 53.5. The molecule has 0 aliphatic heterocycles. The molecule has 16 heavy (non-hydrogen) atoms. The molecular weight excluding hydrogens is 192 g/mol. The molecule has 3 saturated carbocycles. The summed E-state index contributed by atoms with van der Waals surface area (Å²) < 4.78 is 0. The van der Waals surface area contributed by atoms with Crippen LogP contribution in [0.15, 0.2) is 24.3 Å². The first-order valence-electron chi connectivity index (χ1n) is 7.28. The highest BCUT2D eigenvalue weighted by molar-refractivity contribution is 5.38. The predicted molar refractivity (Wildman–Crippen MR) is 67.0 cm³/mol. The predicted octanol–water partition coefficient (Wildman–Crippen LogP) is 4.34. The summed E-state index contributed by atoms with van der Waals surface area (Å²) in [6.07, 6.45) is 20.3. The first-order chi connectivity index (χ1) is 7.93. The number of fused-ring (bicyclic) bond motifs is 2. The van der Waals surface area contributed by atoms with E-state index >= 15 is 0 Å². The maximum atomic E-state index is 2.49. The molecule has 0 heterocycles. The van der Waals surface area contributed by atoms with Crippen molar-refractivity contribution in [2.45, 2.75) is 44.9 Å². The third-order valence-electron chi connectivity index (χ3n) is 5.84. The molecule has 0 radical (unpaired) electrons. The molecule has 0 bridgehead atoms. The first-order valence-corrected chi connectivity index (χ1v) is 7.28. The van der Waals surface area contributed by atoms with Crippen molar-refractivity contribution in [2.75, 3.05) is 0 Å². The first kappa shape index (κ1) is 9.50. The van der Waals surface area contributed by atoms with Gasteiger partial charge in [-0.05, 0) is 41.9 Å². The number of allylic oxidation sites excluding steroid dienone is 4. The Morgan fingerprint density at radius 2 is 1.62 bits per heavy atom. The highest BCUT2D eigenvalue weighted by Crippen LogP contribution is 2.79. The summed E-state index contributed by atoms with van der Waals surface area (Å²) in [4.78, 5) is 0. The van der Waals surface area contributed by atoms with Crippen LogP contribution < -0.4 is 0 Å². The molecule has 0 heteroatoms. The summed E-state index contributed by atoms with van der Waals surface area (Å²) in [5.41, 5.74) is 0.828. The zero-order chi connectivity index (χ0) is 10.6. The van der Waals surface area contributed by atoms with Gasteiger partial charge in [-0.15, -0.1) is 0 Å². The van der Waals surface area contributed by atoms with Gasteiger partial charge in [0.2, 0.25) is 0 Å². The van der Waals surface area contributed by atoms with Gasteiger partial charge in [-0.2, -0.15) is 0 Å². The molecule has 5 unspecified atom stereocenters. The van der Waals surface area contributed by atoms with Gasteiger partial charge in [-0.3, -0.25) is 0 Å². The summed E-state index contributed by atoms with van der Waals surface area (Å²) >= 11 is 0. The number of hydrogen-bond donors (Lipinski definition) is 0. The molecule has 0 aromatic rings. The minimum atomic E-state index is 0.828. The average Bonchev–Trinajstić information content (AvgIpc) is 2.80. The Balaban J connectivity index is 0.000000124. The van der Waals surface area contributed by atoms with E-state index in [1.807, 2.05) is 0 Å². The molecule has 5 aliphatic carbocycles. The maximum absolute atomic E-state index is 2.49. The fourth-order valence-electron chi connectivity index (χ4n) is 4.93. The van der Waals surface area contributed by atoms with E-state index in [2.05, 4.69) is 24.3 Å². The van der Waals surface area contributed by atoms with Gasteiger partial charge in [0.15, 0.2) is 0 Å². The zero-order valence-electron chi connectivity index (χ0n) is 10.1. The lowest BCUT2D eigenvalue weighted by atomic mass is 9.56. The topological polar surface area (TPSA) is 0 Å². The van der Waals surface area contributed by atoms with E-state index in [1.54, 1.807) is 0 Å². The minimum Gasteiger partial charge on any atom is -0.0879 e. The van der Waals surface area contributed by atoms with E-state index in [4.69, 9.17) is 0 Å². The Hall–Kier alpha value is -0.520. The van der Waals surface area contributed by atoms with E-state index < -0.39 is 0 Å². The van der Waals surface area contributed by atoms with Gasteiger partial charge in [0.25, 0.3) is 0 Å². The Labute approximate surface area is 98.8 Å².